The Balaban J connectivity index is 2.17. The highest BCUT2D eigenvalue weighted by Crippen LogP contribution is 2.15. The molecule has 15 heavy (non-hydrogen) atoms. The second-order valence-corrected chi connectivity index (χ2v) is 4.31. The maximum Gasteiger partial charge on any atom is 0.288 e. The van der Waals surface area contributed by atoms with Crippen LogP contribution in [-0.4, -0.2) is 34.1 Å². The lowest BCUT2D eigenvalue weighted by Gasteiger charge is -2.20. The molecule has 4 nitrogen and oxygen atoms in total. The first-order chi connectivity index (χ1) is 7.18. The Bertz CT molecular complexity index is 404. The molecule has 0 spiro atoms. The number of hydrogen-bond donors (Lipinski definition) is 0. The van der Waals surface area contributed by atoms with E-state index in [1.54, 1.807) is 17.0 Å². The zero-order chi connectivity index (χ0) is 10.8. The van der Waals surface area contributed by atoms with Crippen molar-refractivity contribution >= 4 is 11.6 Å². The summed E-state index contributed by atoms with van der Waals surface area (Å²) in [5, 5.41) is 0.0538. The Labute approximate surface area is 93.5 Å². The molecule has 1 fully saturated rings. The third-order valence-electron chi connectivity index (χ3n) is 2.95. The minimum absolute atomic E-state index is 0.0538. The van der Waals surface area contributed by atoms with E-state index in [1.807, 2.05) is 0 Å². The van der Waals surface area contributed by atoms with E-state index in [2.05, 4.69) is 16.9 Å². The monoisotopic (exact) mass is 227 g/mol. The van der Waals surface area contributed by atoms with Crippen molar-refractivity contribution in [3.63, 3.8) is 0 Å². The summed E-state index contributed by atoms with van der Waals surface area (Å²) in [6.45, 7) is 1.82. The van der Waals surface area contributed by atoms with Gasteiger partial charge in [-0.05, 0) is 26.4 Å². The summed E-state index contributed by atoms with van der Waals surface area (Å²) in [6, 6.07) is 0.446. The SMILES string of the molecule is CN1CCCC1Cn1ccnc(Cl)c1=O. The van der Waals surface area contributed by atoms with E-state index < -0.39 is 0 Å². The molecule has 1 saturated heterocycles. The summed E-state index contributed by atoms with van der Waals surface area (Å²) in [4.78, 5) is 17.6. The predicted octanol–water partition coefficient (Wildman–Crippen LogP) is 0.991. The molecule has 82 valence electrons. The lowest BCUT2D eigenvalue weighted by Crippen LogP contribution is -2.33. The van der Waals surface area contributed by atoms with E-state index in [4.69, 9.17) is 11.6 Å². The van der Waals surface area contributed by atoms with Gasteiger partial charge in [0, 0.05) is 25.0 Å². The van der Waals surface area contributed by atoms with E-state index in [1.165, 1.54) is 6.42 Å². The maximum atomic E-state index is 11.6. The number of likely N-dealkylation sites (N-methyl/N-ethyl adjacent to an activating group) is 1. The molecule has 5 heteroatoms. The number of aromatic nitrogens is 2. The van der Waals surface area contributed by atoms with Gasteiger partial charge in [-0.25, -0.2) is 4.98 Å². The molecule has 1 aliphatic rings. The summed E-state index contributed by atoms with van der Waals surface area (Å²) in [5.41, 5.74) is -0.195. The highest BCUT2D eigenvalue weighted by atomic mass is 35.5. The molecule has 1 atom stereocenters. The highest BCUT2D eigenvalue weighted by Gasteiger charge is 2.21. The van der Waals surface area contributed by atoms with E-state index in [0.717, 1.165) is 13.0 Å². The summed E-state index contributed by atoms with van der Waals surface area (Å²) < 4.78 is 1.64. The van der Waals surface area contributed by atoms with Crippen LogP contribution in [0.5, 0.6) is 0 Å². The van der Waals surface area contributed by atoms with Crippen LogP contribution >= 0.6 is 11.6 Å². The van der Waals surface area contributed by atoms with Crippen molar-refractivity contribution in [2.75, 3.05) is 13.6 Å². The predicted molar refractivity (Wildman–Crippen MR) is 59.2 cm³/mol. The minimum atomic E-state index is -0.195. The molecular formula is C10H14ClN3O. The van der Waals surface area contributed by atoms with Gasteiger partial charge in [0.2, 0.25) is 0 Å². The lowest BCUT2D eigenvalue weighted by atomic mass is 10.2. The van der Waals surface area contributed by atoms with Crippen LogP contribution in [0.15, 0.2) is 17.2 Å². The molecule has 0 bridgehead atoms. The normalized spacial score (nSPS) is 22.1. The largest absolute Gasteiger partial charge is 0.310 e. The van der Waals surface area contributed by atoms with Crippen LogP contribution in [0, 0.1) is 0 Å². The van der Waals surface area contributed by atoms with Crippen molar-refractivity contribution in [2.24, 2.45) is 0 Å². The summed E-state index contributed by atoms with van der Waals surface area (Å²) in [5.74, 6) is 0. The molecule has 2 heterocycles. The van der Waals surface area contributed by atoms with Gasteiger partial charge in [0.1, 0.15) is 0 Å². The number of rotatable bonds is 2. The van der Waals surface area contributed by atoms with Gasteiger partial charge < -0.3 is 9.47 Å². The highest BCUT2D eigenvalue weighted by molar-refractivity contribution is 6.29. The standard InChI is InChI=1S/C10H14ClN3O/c1-13-5-2-3-8(13)7-14-6-4-12-9(11)10(14)15/h4,6,8H,2-3,5,7H2,1H3. The molecule has 2 rings (SSSR count). The molecule has 0 N–H and O–H groups in total. The average molecular weight is 228 g/mol. The van der Waals surface area contributed by atoms with Crippen LogP contribution in [0.4, 0.5) is 0 Å². The molecule has 1 aromatic heterocycles. The van der Waals surface area contributed by atoms with Crippen molar-refractivity contribution < 1.29 is 0 Å². The first-order valence-electron chi connectivity index (χ1n) is 5.09. The molecule has 0 aromatic carbocycles. The summed E-state index contributed by atoms with van der Waals surface area (Å²) in [6.07, 6.45) is 5.61. The van der Waals surface area contributed by atoms with E-state index >= 15 is 0 Å². The van der Waals surface area contributed by atoms with Crippen LogP contribution in [0.3, 0.4) is 0 Å². The van der Waals surface area contributed by atoms with Crippen molar-refractivity contribution in [1.29, 1.82) is 0 Å². The van der Waals surface area contributed by atoms with Crippen molar-refractivity contribution in [3.05, 3.63) is 27.9 Å². The maximum absolute atomic E-state index is 11.6. The van der Waals surface area contributed by atoms with Gasteiger partial charge >= 0.3 is 0 Å². The van der Waals surface area contributed by atoms with Crippen molar-refractivity contribution in [2.45, 2.75) is 25.4 Å². The fourth-order valence-electron chi connectivity index (χ4n) is 2.00. The minimum Gasteiger partial charge on any atom is -0.310 e. The fourth-order valence-corrected chi connectivity index (χ4v) is 2.17. The van der Waals surface area contributed by atoms with Gasteiger partial charge in [0.25, 0.3) is 5.56 Å². The Morgan fingerprint density at radius 2 is 2.47 bits per heavy atom. The van der Waals surface area contributed by atoms with Gasteiger partial charge in [-0.1, -0.05) is 11.6 Å². The van der Waals surface area contributed by atoms with Gasteiger partial charge in [0.05, 0.1) is 0 Å². The third-order valence-corrected chi connectivity index (χ3v) is 3.21. The first kappa shape index (κ1) is 10.6. The topological polar surface area (TPSA) is 38.1 Å². The van der Waals surface area contributed by atoms with Crippen LogP contribution in [0.25, 0.3) is 0 Å². The zero-order valence-electron chi connectivity index (χ0n) is 8.69. The molecule has 0 aliphatic carbocycles. The molecule has 1 aromatic rings. The summed E-state index contributed by atoms with van der Waals surface area (Å²) >= 11 is 5.68. The quantitative estimate of drug-likeness (QED) is 0.757. The molecule has 0 radical (unpaired) electrons. The first-order valence-corrected chi connectivity index (χ1v) is 5.47. The number of hydrogen-bond acceptors (Lipinski definition) is 3. The lowest BCUT2D eigenvalue weighted by molar-refractivity contribution is 0.280. The summed E-state index contributed by atoms with van der Waals surface area (Å²) in [7, 11) is 2.09. The molecule has 0 amide bonds. The number of halogens is 1. The Kier molecular flexibility index (Phi) is 3.07. The second kappa shape index (κ2) is 4.33. The molecule has 0 saturated carbocycles. The Morgan fingerprint density at radius 3 is 3.13 bits per heavy atom. The van der Waals surface area contributed by atoms with Crippen LogP contribution in [0.2, 0.25) is 5.15 Å². The van der Waals surface area contributed by atoms with Crippen molar-refractivity contribution in [3.8, 4) is 0 Å². The van der Waals surface area contributed by atoms with E-state index in [9.17, 15) is 4.79 Å². The molecule has 1 aliphatic heterocycles. The van der Waals surface area contributed by atoms with Crippen LogP contribution in [0.1, 0.15) is 12.8 Å². The number of likely N-dealkylation sites (tertiary alicyclic amines) is 1. The molecule has 1 unspecified atom stereocenters. The second-order valence-electron chi connectivity index (χ2n) is 3.95. The molecular weight excluding hydrogens is 214 g/mol. The van der Waals surface area contributed by atoms with Crippen LogP contribution in [-0.2, 0) is 6.54 Å². The van der Waals surface area contributed by atoms with Gasteiger partial charge in [-0.15, -0.1) is 0 Å². The van der Waals surface area contributed by atoms with Gasteiger partial charge in [-0.3, -0.25) is 4.79 Å². The van der Waals surface area contributed by atoms with E-state index in [0.29, 0.717) is 12.6 Å². The smallest absolute Gasteiger partial charge is 0.288 e. The van der Waals surface area contributed by atoms with Gasteiger partial charge in [0.15, 0.2) is 5.15 Å². The third kappa shape index (κ3) is 2.21. The van der Waals surface area contributed by atoms with Gasteiger partial charge in [-0.2, -0.15) is 0 Å². The number of nitrogens with zero attached hydrogens (tertiary/aromatic N) is 3. The Morgan fingerprint density at radius 1 is 1.67 bits per heavy atom. The van der Waals surface area contributed by atoms with Crippen LogP contribution < -0.4 is 5.56 Å². The van der Waals surface area contributed by atoms with Crippen molar-refractivity contribution in [1.82, 2.24) is 14.5 Å². The average Bonchev–Trinajstić information content (AvgIpc) is 2.60. The Hall–Kier alpha value is -0.870. The zero-order valence-corrected chi connectivity index (χ0v) is 9.44. The van der Waals surface area contributed by atoms with E-state index in [-0.39, 0.29) is 10.7 Å². The fraction of sp³-hybridized carbons (Fsp3) is 0.600.